The van der Waals surface area contributed by atoms with Crippen LogP contribution in [0.3, 0.4) is 0 Å². The third kappa shape index (κ3) is 2.59. The van der Waals surface area contributed by atoms with Crippen LogP contribution in [0.4, 0.5) is 0 Å². The van der Waals surface area contributed by atoms with Gasteiger partial charge in [-0.3, -0.25) is 4.79 Å². The highest BCUT2D eigenvalue weighted by molar-refractivity contribution is 6.04. The van der Waals surface area contributed by atoms with E-state index >= 15 is 0 Å². The maximum atomic E-state index is 12.7. The Morgan fingerprint density at radius 1 is 1.27 bits per heavy atom. The lowest BCUT2D eigenvalue weighted by molar-refractivity contribution is 0.412. The molecule has 0 aliphatic heterocycles. The number of nitrogens with zero attached hydrogens (tertiary/aromatic N) is 3. The molecule has 0 fully saturated rings. The van der Waals surface area contributed by atoms with Gasteiger partial charge < -0.3 is 14.8 Å². The second-order valence-electron chi connectivity index (χ2n) is 5.96. The van der Waals surface area contributed by atoms with Crippen molar-refractivity contribution in [1.82, 2.24) is 14.6 Å². The third-order valence-electron chi connectivity index (χ3n) is 4.20. The van der Waals surface area contributed by atoms with Gasteiger partial charge in [-0.05, 0) is 37.3 Å². The first-order chi connectivity index (χ1) is 12.6. The summed E-state index contributed by atoms with van der Waals surface area (Å²) in [4.78, 5) is 20.2. The predicted octanol–water partition coefficient (Wildman–Crippen LogP) is 2.78. The molecule has 0 atom stereocenters. The first-order valence-corrected chi connectivity index (χ1v) is 7.98. The quantitative estimate of drug-likeness (QED) is 0.557. The molecule has 7 heteroatoms. The number of ether oxygens (including phenoxy) is 1. The van der Waals surface area contributed by atoms with Gasteiger partial charge in [0.1, 0.15) is 28.9 Å². The van der Waals surface area contributed by atoms with Crippen LogP contribution in [0.2, 0.25) is 0 Å². The van der Waals surface area contributed by atoms with Gasteiger partial charge in [-0.15, -0.1) is 0 Å². The second kappa shape index (κ2) is 6.03. The van der Waals surface area contributed by atoms with E-state index in [9.17, 15) is 9.90 Å². The topological polar surface area (TPSA) is 92.5 Å². The molecule has 2 N–H and O–H groups in total. The van der Waals surface area contributed by atoms with Crippen molar-refractivity contribution in [3.63, 3.8) is 0 Å². The zero-order valence-corrected chi connectivity index (χ0v) is 14.2. The molecule has 0 unspecified atom stereocenters. The Kier molecular flexibility index (Phi) is 3.69. The van der Waals surface area contributed by atoms with Crippen LogP contribution in [-0.2, 0) is 0 Å². The summed E-state index contributed by atoms with van der Waals surface area (Å²) in [6.45, 7) is 1.99. The van der Waals surface area contributed by atoms with Gasteiger partial charge in [0.15, 0.2) is 0 Å². The second-order valence-corrected chi connectivity index (χ2v) is 5.96. The van der Waals surface area contributed by atoms with Gasteiger partial charge in [-0.25, -0.2) is 4.98 Å². The molecule has 0 saturated heterocycles. The number of H-pyrrole nitrogens is 1. The van der Waals surface area contributed by atoms with Gasteiger partial charge in [0.2, 0.25) is 0 Å². The number of fused-ring (bicyclic) bond motifs is 3. The molecule has 2 aromatic heterocycles. The highest BCUT2D eigenvalue weighted by Gasteiger charge is 2.10. The summed E-state index contributed by atoms with van der Waals surface area (Å²) < 4.78 is 6.26. The Morgan fingerprint density at radius 3 is 2.92 bits per heavy atom. The van der Waals surface area contributed by atoms with E-state index in [2.05, 4.69) is 15.1 Å². The molecule has 26 heavy (non-hydrogen) atoms. The van der Waals surface area contributed by atoms with E-state index in [1.807, 2.05) is 25.1 Å². The van der Waals surface area contributed by atoms with Crippen molar-refractivity contribution in [2.75, 3.05) is 7.11 Å². The molecule has 0 radical (unpaired) electrons. The molecule has 0 aliphatic rings. The molecular formula is C19H16N4O3. The number of aromatic hydroxyl groups is 1. The fraction of sp³-hybridized carbons (Fsp3) is 0.105. The van der Waals surface area contributed by atoms with E-state index in [1.54, 1.807) is 12.1 Å². The Balaban J connectivity index is 1.82. The Labute approximate surface area is 148 Å². The Bertz CT molecular complexity index is 1220. The third-order valence-corrected chi connectivity index (χ3v) is 4.20. The maximum Gasteiger partial charge on any atom is 0.298 e. The Morgan fingerprint density at radius 2 is 2.12 bits per heavy atom. The number of aromatic amines is 1. The number of rotatable bonds is 3. The minimum Gasteiger partial charge on any atom is -0.507 e. The van der Waals surface area contributed by atoms with E-state index in [-0.39, 0.29) is 11.3 Å². The summed E-state index contributed by atoms with van der Waals surface area (Å²) in [5, 5.41) is 14.9. The highest BCUT2D eigenvalue weighted by Crippen LogP contribution is 2.23. The van der Waals surface area contributed by atoms with Gasteiger partial charge in [-0.2, -0.15) is 9.78 Å². The van der Waals surface area contributed by atoms with Gasteiger partial charge in [-0.1, -0.05) is 11.6 Å². The molecular weight excluding hydrogens is 332 g/mol. The summed E-state index contributed by atoms with van der Waals surface area (Å²) in [7, 11) is 1.53. The van der Waals surface area contributed by atoms with Crippen LogP contribution >= 0.6 is 0 Å². The van der Waals surface area contributed by atoms with Crippen LogP contribution in [-0.4, -0.2) is 33.1 Å². The standard InChI is InChI=1S/C19H16N4O3/c1-11-3-5-15-14(7-11)17-18(22-15)19(25)23(10-20-17)21-9-12-8-13(26-2)4-6-16(12)24/h3-10,22,24H,1-2H3/b21-9+. The molecule has 0 aliphatic carbocycles. The molecule has 130 valence electrons. The fourth-order valence-electron chi connectivity index (χ4n) is 2.83. The first-order valence-electron chi connectivity index (χ1n) is 7.98. The molecule has 0 bridgehead atoms. The number of hydrogen-bond acceptors (Lipinski definition) is 5. The van der Waals surface area contributed by atoms with Crippen LogP contribution in [0.5, 0.6) is 11.5 Å². The number of hydrogen-bond donors (Lipinski definition) is 2. The average Bonchev–Trinajstić information content (AvgIpc) is 3.01. The highest BCUT2D eigenvalue weighted by atomic mass is 16.5. The van der Waals surface area contributed by atoms with Crippen LogP contribution in [0, 0.1) is 6.92 Å². The van der Waals surface area contributed by atoms with Gasteiger partial charge in [0.05, 0.1) is 13.3 Å². The summed E-state index contributed by atoms with van der Waals surface area (Å²) in [6.07, 6.45) is 2.76. The molecule has 4 rings (SSSR count). The SMILES string of the molecule is COc1ccc(O)c(/C=N/n2cnc3c([nH]c4ccc(C)cc43)c2=O)c1. The number of benzene rings is 2. The minimum atomic E-state index is -0.317. The van der Waals surface area contributed by atoms with Crippen molar-refractivity contribution >= 4 is 28.2 Å². The van der Waals surface area contributed by atoms with Crippen molar-refractivity contribution in [2.45, 2.75) is 6.92 Å². The molecule has 0 spiro atoms. The fourth-order valence-corrected chi connectivity index (χ4v) is 2.83. The summed E-state index contributed by atoms with van der Waals surface area (Å²) in [5.41, 5.74) is 3.06. The molecule has 2 aromatic carbocycles. The van der Waals surface area contributed by atoms with Crippen molar-refractivity contribution < 1.29 is 9.84 Å². The van der Waals surface area contributed by atoms with Gasteiger partial charge >= 0.3 is 0 Å². The number of nitrogens with one attached hydrogen (secondary N) is 1. The minimum absolute atomic E-state index is 0.0396. The van der Waals surface area contributed by atoms with Crippen molar-refractivity contribution in [3.8, 4) is 11.5 Å². The number of phenolic OH excluding ortho intramolecular Hbond substituents is 1. The molecule has 0 saturated carbocycles. The molecule has 2 heterocycles. The summed E-state index contributed by atoms with van der Waals surface area (Å²) in [6, 6.07) is 10.7. The lowest BCUT2D eigenvalue weighted by Crippen LogP contribution is -2.17. The van der Waals surface area contributed by atoms with Crippen molar-refractivity contribution in [1.29, 1.82) is 0 Å². The number of aryl methyl sites for hydroxylation is 1. The molecule has 0 amide bonds. The smallest absolute Gasteiger partial charge is 0.298 e. The lowest BCUT2D eigenvalue weighted by atomic mass is 10.2. The predicted molar refractivity (Wildman–Crippen MR) is 100 cm³/mol. The molecule has 7 nitrogen and oxygen atoms in total. The Hall–Kier alpha value is -3.61. The average molecular weight is 348 g/mol. The number of aromatic nitrogens is 3. The van der Waals surface area contributed by atoms with E-state index in [0.29, 0.717) is 22.3 Å². The van der Waals surface area contributed by atoms with E-state index in [4.69, 9.17) is 4.74 Å². The van der Waals surface area contributed by atoms with Gasteiger partial charge in [0, 0.05) is 16.5 Å². The van der Waals surface area contributed by atoms with Crippen molar-refractivity contribution in [2.24, 2.45) is 5.10 Å². The number of methoxy groups -OCH3 is 1. The van der Waals surface area contributed by atoms with Gasteiger partial charge in [0.25, 0.3) is 5.56 Å². The van der Waals surface area contributed by atoms with Crippen molar-refractivity contribution in [3.05, 3.63) is 64.2 Å². The van der Waals surface area contributed by atoms with E-state index in [1.165, 1.54) is 25.7 Å². The largest absolute Gasteiger partial charge is 0.507 e. The summed E-state index contributed by atoms with van der Waals surface area (Å²) in [5.74, 6) is 0.619. The van der Waals surface area contributed by atoms with E-state index in [0.717, 1.165) is 21.1 Å². The van der Waals surface area contributed by atoms with Crippen LogP contribution in [0.15, 0.2) is 52.6 Å². The van der Waals surface area contributed by atoms with Crippen LogP contribution in [0.1, 0.15) is 11.1 Å². The van der Waals surface area contributed by atoms with Crippen LogP contribution < -0.4 is 10.3 Å². The monoisotopic (exact) mass is 348 g/mol. The molecule has 4 aromatic rings. The van der Waals surface area contributed by atoms with E-state index < -0.39 is 0 Å². The maximum absolute atomic E-state index is 12.7. The zero-order valence-electron chi connectivity index (χ0n) is 14.2. The number of phenols is 1. The summed E-state index contributed by atoms with van der Waals surface area (Å²) >= 11 is 0. The lowest BCUT2D eigenvalue weighted by Gasteiger charge is -2.03. The van der Waals surface area contributed by atoms with Crippen LogP contribution in [0.25, 0.3) is 21.9 Å². The zero-order chi connectivity index (χ0) is 18.3. The normalized spacial score (nSPS) is 11.6. The first kappa shape index (κ1) is 15.9.